The molecule has 3 aromatic carbocycles. The molecule has 0 aromatic heterocycles. The molecule has 0 fully saturated rings. The molecule has 1 aliphatic rings. The van der Waals surface area contributed by atoms with Gasteiger partial charge in [-0.15, -0.1) is 0 Å². The molecule has 35 heavy (non-hydrogen) atoms. The molecule has 1 aliphatic heterocycles. The highest BCUT2D eigenvalue weighted by atomic mass is 35.5. The van der Waals surface area contributed by atoms with Crippen molar-refractivity contribution in [3.63, 3.8) is 0 Å². The number of methoxy groups -OCH3 is 4. The molecule has 1 atom stereocenters. The van der Waals surface area contributed by atoms with E-state index in [1.807, 2.05) is 65.7 Å². The molecule has 0 saturated heterocycles. The van der Waals surface area contributed by atoms with Crippen LogP contribution in [-0.2, 0) is 0 Å². The highest BCUT2D eigenvalue weighted by Gasteiger charge is 2.32. The number of para-hydroxylation sites is 2. The number of ether oxygens (including phenoxy) is 4. The summed E-state index contributed by atoms with van der Waals surface area (Å²) in [5.41, 5.74) is 3.52. The highest BCUT2D eigenvalue weighted by Crippen LogP contribution is 2.44. The number of hydrazone groups is 1. The Labute approximate surface area is 215 Å². The fourth-order valence-corrected chi connectivity index (χ4v) is 4.44. The van der Waals surface area contributed by atoms with Crippen LogP contribution in [0, 0.1) is 0 Å². The molecule has 182 valence electrons. The number of hydrogen-bond donors (Lipinski definition) is 0. The molecule has 1 heterocycles. The lowest BCUT2D eigenvalue weighted by Crippen LogP contribution is -2.19. The van der Waals surface area contributed by atoms with Crippen molar-refractivity contribution < 1.29 is 18.9 Å². The molecular weight excluding hydrogens is 487 g/mol. The zero-order valence-corrected chi connectivity index (χ0v) is 21.4. The molecule has 0 amide bonds. The molecule has 0 radical (unpaired) electrons. The van der Waals surface area contributed by atoms with Crippen LogP contribution in [0.4, 0.5) is 5.69 Å². The van der Waals surface area contributed by atoms with Gasteiger partial charge in [-0.05, 0) is 42.5 Å². The van der Waals surface area contributed by atoms with Gasteiger partial charge in [-0.3, -0.25) is 5.01 Å². The lowest BCUT2D eigenvalue weighted by molar-refractivity contribution is 0.349. The van der Waals surface area contributed by atoms with Gasteiger partial charge in [0.05, 0.1) is 55.9 Å². The van der Waals surface area contributed by atoms with Crippen molar-refractivity contribution in [2.75, 3.05) is 33.4 Å². The second kappa shape index (κ2) is 10.9. The minimum Gasteiger partial charge on any atom is -0.493 e. The van der Waals surface area contributed by atoms with Crippen LogP contribution in [0.1, 0.15) is 23.6 Å². The SMILES string of the molecule is COc1cccc(C=CC2=NN(c3ccc(Cl)c(Cl)c3)C(c3cccc(OC)c3OC)C2)c1OC. The zero-order chi connectivity index (χ0) is 24.9. The summed E-state index contributed by atoms with van der Waals surface area (Å²) in [5.74, 6) is 2.65. The molecule has 6 nitrogen and oxygen atoms in total. The van der Waals surface area contributed by atoms with Gasteiger partial charge in [0.1, 0.15) is 0 Å². The molecule has 3 aromatic rings. The van der Waals surface area contributed by atoms with Crippen molar-refractivity contribution in [2.24, 2.45) is 5.10 Å². The number of allylic oxidation sites excluding steroid dienone is 1. The zero-order valence-electron chi connectivity index (χ0n) is 19.9. The Morgan fingerprint density at radius 1 is 0.800 bits per heavy atom. The molecule has 8 heteroatoms. The predicted molar refractivity (Wildman–Crippen MR) is 142 cm³/mol. The summed E-state index contributed by atoms with van der Waals surface area (Å²) in [6, 6.07) is 16.9. The van der Waals surface area contributed by atoms with Crippen LogP contribution in [0.15, 0.2) is 65.8 Å². The second-order valence-electron chi connectivity index (χ2n) is 7.75. The molecule has 0 N–H and O–H groups in total. The van der Waals surface area contributed by atoms with Crippen LogP contribution in [0.2, 0.25) is 10.0 Å². The standard InChI is InChI=1S/C27H26Cl2N2O4/c1-32-24-9-5-7-17(26(24)34-3)11-12-18-15-23(20-8-6-10-25(33-2)27(20)35-4)31(30-18)19-13-14-21(28)22(29)16-19/h5-14,16,23H,15H2,1-4H3. The Balaban J connectivity index is 1.76. The summed E-state index contributed by atoms with van der Waals surface area (Å²) in [5, 5.41) is 7.80. The normalized spacial score (nSPS) is 15.3. The van der Waals surface area contributed by atoms with Crippen molar-refractivity contribution in [1.82, 2.24) is 0 Å². The monoisotopic (exact) mass is 512 g/mol. The number of benzene rings is 3. The Kier molecular flexibility index (Phi) is 7.73. The van der Waals surface area contributed by atoms with E-state index >= 15 is 0 Å². The van der Waals surface area contributed by atoms with Crippen molar-refractivity contribution in [1.29, 1.82) is 0 Å². The Morgan fingerprint density at radius 2 is 1.49 bits per heavy atom. The minimum atomic E-state index is -0.149. The third-order valence-electron chi connectivity index (χ3n) is 5.78. The first-order chi connectivity index (χ1) is 17.0. The van der Waals surface area contributed by atoms with Crippen LogP contribution >= 0.6 is 23.2 Å². The smallest absolute Gasteiger partial charge is 0.167 e. The van der Waals surface area contributed by atoms with Crippen molar-refractivity contribution in [3.8, 4) is 23.0 Å². The van der Waals surface area contributed by atoms with E-state index in [2.05, 4.69) is 0 Å². The van der Waals surface area contributed by atoms with Crippen molar-refractivity contribution in [2.45, 2.75) is 12.5 Å². The lowest BCUT2D eigenvalue weighted by Gasteiger charge is -2.26. The van der Waals surface area contributed by atoms with Gasteiger partial charge < -0.3 is 18.9 Å². The number of halogens is 2. The highest BCUT2D eigenvalue weighted by molar-refractivity contribution is 6.42. The van der Waals surface area contributed by atoms with Gasteiger partial charge in [0, 0.05) is 17.5 Å². The Hall–Kier alpha value is -3.35. The van der Waals surface area contributed by atoms with Crippen molar-refractivity contribution >= 4 is 40.7 Å². The fraction of sp³-hybridized carbons (Fsp3) is 0.222. The van der Waals surface area contributed by atoms with Crippen LogP contribution < -0.4 is 24.0 Å². The van der Waals surface area contributed by atoms with Gasteiger partial charge in [0.2, 0.25) is 0 Å². The summed E-state index contributed by atoms with van der Waals surface area (Å²) in [6.07, 6.45) is 4.58. The molecular formula is C27H26Cl2N2O4. The van der Waals surface area contributed by atoms with Crippen LogP contribution in [-0.4, -0.2) is 34.2 Å². The summed E-state index contributed by atoms with van der Waals surface area (Å²) >= 11 is 12.5. The van der Waals surface area contributed by atoms with Crippen LogP contribution in [0.5, 0.6) is 23.0 Å². The van der Waals surface area contributed by atoms with E-state index in [0.717, 1.165) is 22.5 Å². The third kappa shape index (κ3) is 5.04. The molecule has 4 rings (SSSR count). The van der Waals surface area contributed by atoms with Gasteiger partial charge >= 0.3 is 0 Å². The maximum atomic E-state index is 6.34. The number of hydrogen-bond acceptors (Lipinski definition) is 6. The Bertz CT molecular complexity index is 1280. The Morgan fingerprint density at radius 3 is 2.14 bits per heavy atom. The number of rotatable bonds is 8. The average molecular weight is 513 g/mol. The maximum Gasteiger partial charge on any atom is 0.167 e. The average Bonchev–Trinajstić information content (AvgIpc) is 3.32. The van der Waals surface area contributed by atoms with E-state index in [-0.39, 0.29) is 6.04 Å². The van der Waals surface area contributed by atoms with E-state index < -0.39 is 0 Å². The quantitative estimate of drug-likeness (QED) is 0.323. The van der Waals surface area contributed by atoms with Gasteiger partial charge in [-0.2, -0.15) is 5.10 Å². The third-order valence-corrected chi connectivity index (χ3v) is 6.52. The largest absolute Gasteiger partial charge is 0.493 e. The first-order valence-electron chi connectivity index (χ1n) is 10.9. The predicted octanol–water partition coefficient (Wildman–Crippen LogP) is 7.05. The summed E-state index contributed by atoms with van der Waals surface area (Å²) in [4.78, 5) is 0. The molecule has 0 aliphatic carbocycles. The minimum absolute atomic E-state index is 0.149. The summed E-state index contributed by atoms with van der Waals surface area (Å²) < 4.78 is 22.2. The van der Waals surface area contributed by atoms with E-state index in [1.54, 1.807) is 34.5 Å². The van der Waals surface area contributed by atoms with E-state index in [4.69, 9.17) is 47.3 Å². The fourth-order valence-electron chi connectivity index (χ4n) is 4.15. The van der Waals surface area contributed by atoms with Gasteiger partial charge in [0.25, 0.3) is 0 Å². The summed E-state index contributed by atoms with van der Waals surface area (Å²) in [7, 11) is 6.50. The van der Waals surface area contributed by atoms with Crippen molar-refractivity contribution in [3.05, 3.63) is 81.8 Å². The van der Waals surface area contributed by atoms with E-state index in [1.165, 1.54) is 0 Å². The van der Waals surface area contributed by atoms with E-state index in [0.29, 0.717) is 39.5 Å². The van der Waals surface area contributed by atoms with E-state index in [9.17, 15) is 0 Å². The van der Waals surface area contributed by atoms with Crippen LogP contribution in [0.25, 0.3) is 6.08 Å². The van der Waals surface area contributed by atoms with Gasteiger partial charge in [-0.1, -0.05) is 47.5 Å². The number of nitrogens with zero attached hydrogens (tertiary/aromatic N) is 2. The second-order valence-corrected chi connectivity index (χ2v) is 8.57. The summed E-state index contributed by atoms with van der Waals surface area (Å²) in [6.45, 7) is 0. The molecule has 1 unspecified atom stereocenters. The maximum absolute atomic E-state index is 6.34. The number of anilines is 1. The first-order valence-corrected chi connectivity index (χ1v) is 11.7. The van der Waals surface area contributed by atoms with Gasteiger partial charge in [0.15, 0.2) is 23.0 Å². The molecule has 0 saturated carbocycles. The topological polar surface area (TPSA) is 52.5 Å². The molecule has 0 spiro atoms. The first kappa shape index (κ1) is 24.8. The van der Waals surface area contributed by atoms with Crippen LogP contribution in [0.3, 0.4) is 0 Å². The van der Waals surface area contributed by atoms with Gasteiger partial charge in [-0.25, -0.2) is 0 Å². The molecule has 0 bridgehead atoms. The lowest BCUT2D eigenvalue weighted by atomic mass is 9.99.